The van der Waals surface area contributed by atoms with Crippen LogP contribution in [0.4, 0.5) is 0 Å². The van der Waals surface area contributed by atoms with E-state index in [-0.39, 0.29) is 18.0 Å². The molecule has 1 aromatic rings. The molecule has 2 fully saturated rings. The zero-order chi connectivity index (χ0) is 18.6. The van der Waals surface area contributed by atoms with Crippen molar-refractivity contribution in [3.05, 3.63) is 34.9 Å². The topological polar surface area (TPSA) is 55.8 Å². The van der Waals surface area contributed by atoms with Gasteiger partial charge in [0.2, 0.25) is 0 Å². The van der Waals surface area contributed by atoms with E-state index in [0.29, 0.717) is 50.6 Å². The molecular weight excluding hydrogens is 354 g/mol. The van der Waals surface area contributed by atoms with Crippen LogP contribution in [-0.2, 0) is 25.5 Å². The second kappa shape index (κ2) is 8.40. The number of piperidine rings is 1. The summed E-state index contributed by atoms with van der Waals surface area (Å²) in [7, 11) is 0. The highest BCUT2D eigenvalue weighted by Gasteiger charge is 2.44. The second-order valence-corrected chi connectivity index (χ2v) is 7.57. The number of ether oxygens (including phenoxy) is 2. The van der Waals surface area contributed by atoms with Gasteiger partial charge in [-0.25, -0.2) is 0 Å². The lowest BCUT2D eigenvalue weighted by atomic mass is 9.73. The molecule has 0 N–H and O–H groups in total. The Hall–Kier alpha value is -1.59. The van der Waals surface area contributed by atoms with Crippen LogP contribution in [0, 0.1) is 5.41 Å². The summed E-state index contributed by atoms with van der Waals surface area (Å²) < 4.78 is 10.9. The van der Waals surface area contributed by atoms with E-state index in [1.165, 1.54) is 0 Å². The van der Waals surface area contributed by atoms with Gasteiger partial charge < -0.3 is 14.4 Å². The molecule has 0 aliphatic carbocycles. The molecule has 0 aromatic heterocycles. The SMILES string of the molecule is CCOC(=O)C1(Cc2ccc(Cl)cc2)CCN(C(=O)[C@H]2CCCO2)CC1. The lowest BCUT2D eigenvalue weighted by Gasteiger charge is -2.40. The van der Waals surface area contributed by atoms with Crippen LogP contribution in [0.25, 0.3) is 0 Å². The third-order valence-corrected chi connectivity index (χ3v) is 5.65. The number of carbonyl (C=O) groups is 2. The highest BCUT2D eigenvalue weighted by atomic mass is 35.5. The summed E-state index contributed by atoms with van der Waals surface area (Å²) >= 11 is 5.97. The van der Waals surface area contributed by atoms with Crippen molar-refractivity contribution < 1.29 is 19.1 Å². The van der Waals surface area contributed by atoms with Crippen LogP contribution in [0.15, 0.2) is 24.3 Å². The van der Waals surface area contributed by atoms with Crippen molar-refractivity contribution in [3.63, 3.8) is 0 Å². The molecule has 3 rings (SSSR count). The van der Waals surface area contributed by atoms with E-state index in [1.54, 1.807) is 0 Å². The quantitative estimate of drug-likeness (QED) is 0.737. The molecule has 2 heterocycles. The lowest BCUT2D eigenvalue weighted by Crippen LogP contribution is -2.50. The van der Waals surface area contributed by atoms with Crippen molar-refractivity contribution >= 4 is 23.5 Å². The highest BCUT2D eigenvalue weighted by Crippen LogP contribution is 2.37. The molecule has 26 heavy (non-hydrogen) atoms. The number of halogens is 1. The van der Waals surface area contributed by atoms with E-state index < -0.39 is 5.41 Å². The molecule has 5 nitrogen and oxygen atoms in total. The first-order chi connectivity index (χ1) is 12.5. The largest absolute Gasteiger partial charge is 0.466 e. The fraction of sp³-hybridized carbons (Fsp3) is 0.600. The number of benzene rings is 1. The van der Waals surface area contributed by atoms with Crippen LogP contribution in [0.2, 0.25) is 5.02 Å². The number of nitrogens with zero attached hydrogens (tertiary/aromatic N) is 1. The third-order valence-electron chi connectivity index (χ3n) is 5.40. The molecule has 2 aliphatic heterocycles. The summed E-state index contributed by atoms with van der Waals surface area (Å²) in [5.41, 5.74) is 0.471. The Kier molecular flexibility index (Phi) is 6.20. The van der Waals surface area contributed by atoms with Crippen molar-refractivity contribution in [2.75, 3.05) is 26.3 Å². The average Bonchev–Trinajstić information content (AvgIpc) is 3.18. The summed E-state index contributed by atoms with van der Waals surface area (Å²) in [4.78, 5) is 27.2. The van der Waals surface area contributed by atoms with E-state index >= 15 is 0 Å². The van der Waals surface area contributed by atoms with Crippen molar-refractivity contribution in [1.29, 1.82) is 0 Å². The Morgan fingerprint density at radius 1 is 1.27 bits per heavy atom. The lowest BCUT2D eigenvalue weighted by molar-refractivity contribution is -0.161. The van der Waals surface area contributed by atoms with Gasteiger partial charge >= 0.3 is 5.97 Å². The van der Waals surface area contributed by atoms with Crippen LogP contribution in [0.3, 0.4) is 0 Å². The Morgan fingerprint density at radius 3 is 2.54 bits per heavy atom. The van der Waals surface area contributed by atoms with E-state index in [2.05, 4.69) is 0 Å². The first kappa shape index (κ1) is 19.2. The molecule has 1 aromatic carbocycles. The maximum absolute atomic E-state index is 12.7. The number of esters is 1. The molecule has 1 atom stereocenters. The minimum absolute atomic E-state index is 0.0615. The van der Waals surface area contributed by atoms with Gasteiger partial charge in [0, 0.05) is 24.7 Å². The molecule has 2 saturated heterocycles. The second-order valence-electron chi connectivity index (χ2n) is 7.13. The normalized spacial score (nSPS) is 22.2. The minimum atomic E-state index is -0.586. The van der Waals surface area contributed by atoms with E-state index in [9.17, 15) is 9.59 Å². The van der Waals surface area contributed by atoms with Crippen LogP contribution in [-0.4, -0.2) is 49.2 Å². The summed E-state index contributed by atoms with van der Waals surface area (Å²) in [5, 5.41) is 0.677. The zero-order valence-corrected chi connectivity index (χ0v) is 16.0. The number of hydrogen-bond donors (Lipinski definition) is 0. The van der Waals surface area contributed by atoms with Gasteiger partial charge in [0.05, 0.1) is 12.0 Å². The maximum atomic E-state index is 12.7. The predicted molar refractivity (Wildman–Crippen MR) is 99.0 cm³/mol. The van der Waals surface area contributed by atoms with Crippen molar-refractivity contribution in [2.45, 2.75) is 45.1 Å². The molecule has 0 saturated carbocycles. The fourth-order valence-corrected chi connectivity index (χ4v) is 3.99. The predicted octanol–water partition coefficient (Wildman–Crippen LogP) is 3.23. The van der Waals surface area contributed by atoms with Gasteiger partial charge in [-0.05, 0) is 56.7 Å². The van der Waals surface area contributed by atoms with E-state index in [1.807, 2.05) is 36.1 Å². The maximum Gasteiger partial charge on any atom is 0.312 e. The molecule has 2 aliphatic rings. The Labute approximate surface area is 159 Å². The first-order valence-electron chi connectivity index (χ1n) is 9.36. The van der Waals surface area contributed by atoms with Gasteiger partial charge in [0.25, 0.3) is 5.91 Å². The Morgan fingerprint density at radius 2 is 1.96 bits per heavy atom. The third kappa shape index (κ3) is 4.21. The molecule has 142 valence electrons. The van der Waals surface area contributed by atoms with Gasteiger partial charge in [0.15, 0.2) is 0 Å². The number of rotatable bonds is 5. The number of likely N-dealkylation sites (tertiary alicyclic amines) is 1. The Bertz CT molecular complexity index is 632. The first-order valence-corrected chi connectivity index (χ1v) is 9.74. The van der Waals surface area contributed by atoms with Crippen molar-refractivity contribution in [2.24, 2.45) is 5.41 Å². The number of carbonyl (C=O) groups excluding carboxylic acids is 2. The molecule has 1 amide bonds. The Balaban J connectivity index is 1.70. The summed E-state index contributed by atoms with van der Waals surface area (Å²) in [6.45, 7) is 3.97. The van der Waals surface area contributed by atoms with E-state index in [0.717, 1.165) is 18.4 Å². The fourth-order valence-electron chi connectivity index (χ4n) is 3.86. The summed E-state index contributed by atoms with van der Waals surface area (Å²) in [6.07, 6.45) is 3.24. The van der Waals surface area contributed by atoms with Gasteiger partial charge in [-0.3, -0.25) is 9.59 Å². The van der Waals surface area contributed by atoms with Gasteiger partial charge in [0.1, 0.15) is 6.10 Å². The van der Waals surface area contributed by atoms with E-state index in [4.69, 9.17) is 21.1 Å². The van der Waals surface area contributed by atoms with Crippen LogP contribution in [0.5, 0.6) is 0 Å². The average molecular weight is 380 g/mol. The molecule has 0 spiro atoms. The van der Waals surface area contributed by atoms with Crippen molar-refractivity contribution in [1.82, 2.24) is 4.90 Å². The van der Waals surface area contributed by atoms with Crippen LogP contribution in [0.1, 0.15) is 38.2 Å². The summed E-state index contributed by atoms with van der Waals surface area (Å²) in [6, 6.07) is 7.58. The number of hydrogen-bond acceptors (Lipinski definition) is 4. The molecular formula is C20H26ClNO4. The molecule has 0 unspecified atom stereocenters. The van der Waals surface area contributed by atoms with Crippen LogP contribution < -0.4 is 0 Å². The standard InChI is InChI=1S/C20H26ClNO4/c1-2-25-19(24)20(14-15-5-7-16(21)8-6-15)9-11-22(12-10-20)18(23)17-4-3-13-26-17/h5-8,17H,2-4,9-14H2,1H3/t17-/m1/s1. The number of amides is 1. The highest BCUT2D eigenvalue weighted by molar-refractivity contribution is 6.30. The molecule has 0 bridgehead atoms. The summed E-state index contributed by atoms with van der Waals surface area (Å²) in [5.74, 6) is -0.106. The smallest absolute Gasteiger partial charge is 0.312 e. The van der Waals surface area contributed by atoms with Crippen LogP contribution >= 0.6 is 11.6 Å². The van der Waals surface area contributed by atoms with Gasteiger partial charge in [-0.1, -0.05) is 23.7 Å². The van der Waals surface area contributed by atoms with Gasteiger partial charge in [-0.2, -0.15) is 0 Å². The zero-order valence-electron chi connectivity index (χ0n) is 15.2. The van der Waals surface area contributed by atoms with Gasteiger partial charge in [-0.15, -0.1) is 0 Å². The van der Waals surface area contributed by atoms with Crippen molar-refractivity contribution in [3.8, 4) is 0 Å². The monoisotopic (exact) mass is 379 g/mol. The molecule has 6 heteroatoms. The molecule has 0 radical (unpaired) electrons. The minimum Gasteiger partial charge on any atom is -0.466 e.